The Bertz CT molecular complexity index is 761. The van der Waals surface area contributed by atoms with Crippen molar-refractivity contribution in [2.24, 2.45) is 4.99 Å². The van der Waals surface area contributed by atoms with Gasteiger partial charge in [-0.15, -0.1) is 24.0 Å². The first-order valence-electron chi connectivity index (χ1n) is 10.3. The highest BCUT2D eigenvalue weighted by atomic mass is 127. The van der Waals surface area contributed by atoms with Crippen LogP contribution in [0.25, 0.3) is 0 Å². The standard InChI is InChI=1S/C20H32N4O2S2.HI/c1-2-21-20(23-16-18-9-7-13-27-18)22-15-17-8-6-10-19(14-17)28(25,26)24-11-4-3-5-12-24;/h6,8,10,14,18H,2-5,7,9,11-13,15-16H2,1H3,(H2,21,22,23);1H. The molecule has 2 fully saturated rings. The second-order valence-corrected chi connectivity index (χ2v) is 10.7. The third-order valence-electron chi connectivity index (χ3n) is 5.14. The number of thioether (sulfide) groups is 1. The second kappa shape index (κ2) is 12.4. The van der Waals surface area contributed by atoms with Crippen LogP contribution in [-0.4, -0.2) is 55.9 Å². The SMILES string of the molecule is CCNC(=NCc1cccc(S(=O)(=O)N2CCCCC2)c1)NCC1CCCS1.I. The molecule has 0 amide bonds. The van der Waals surface area contributed by atoms with Gasteiger partial charge >= 0.3 is 0 Å². The van der Waals surface area contributed by atoms with E-state index in [1.54, 1.807) is 16.4 Å². The van der Waals surface area contributed by atoms with Crippen molar-refractivity contribution in [1.82, 2.24) is 14.9 Å². The van der Waals surface area contributed by atoms with Gasteiger partial charge in [-0.3, -0.25) is 0 Å². The van der Waals surface area contributed by atoms with Gasteiger partial charge in [0.25, 0.3) is 0 Å². The molecule has 0 radical (unpaired) electrons. The van der Waals surface area contributed by atoms with Crippen LogP contribution in [-0.2, 0) is 16.6 Å². The molecule has 0 spiro atoms. The summed E-state index contributed by atoms with van der Waals surface area (Å²) in [5, 5.41) is 7.35. The summed E-state index contributed by atoms with van der Waals surface area (Å²) in [6.45, 7) is 5.47. The Morgan fingerprint density at radius 3 is 2.69 bits per heavy atom. The van der Waals surface area contributed by atoms with E-state index < -0.39 is 10.0 Å². The number of sulfonamides is 1. The van der Waals surface area contributed by atoms with E-state index in [9.17, 15) is 8.42 Å². The number of nitrogens with zero attached hydrogens (tertiary/aromatic N) is 2. The molecule has 2 aliphatic heterocycles. The summed E-state index contributed by atoms with van der Waals surface area (Å²) in [6, 6.07) is 7.22. The summed E-state index contributed by atoms with van der Waals surface area (Å²) in [5.41, 5.74) is 0.908. The predicted molar refractivity (Wildman–Crippen MR) is 133 cm³/mol. The monoisotopic (exact) mass is 552 g/mol. The minimum Gasteiger partial charge on any atom is -0.357 e. The van der Waals surface area contributed by atoms with E-state index in [0.29, 0.717) is 29.8 Å². The minimum atomic E-state index is -3.40. The Hall–Kier alpha value is -0.520. The van der Waals surface area contributed by atoms with Crippen LogP contribution < -0.4 is 10.6 Å². The highest BCUT2D eigenvalue weighted by Crippen LogP contribution is 2.25. The summed E-state index contributed by atoms with van der Waals surface area (Å²) in [5.74, 6) is 2.04. The van der Waals surface area contributed by atoms with Crippen molar-refractivity contribution in [3.8, 4) is 0 Å². The Morgan fingerprint density at radius 1 is 1.21 bits per heavy atom. The molecule has 6 nitrogen and oxygen atoms in total. The van der Waals surface area contributed by atoms with Crippen molar-refractivity contribution in [3.63, 3.8) is 0 Å². The van der Waals surface area contributed by atoms with Gasteiger partial charge in [0.15, 0.2) is 5.96 Å². The number of rotatable bonds is 7. The molecule has 2 N–H and O–H groups in total. The van der Waals surface area contributed by atoms with Gasteiger partial charge in [-0.2, -0.15) is 16.1 Å². The second-order valence-electron chi connectivity index (χ2n) is 7.32. The van der Waals surface area contributed by atoms with Gasteiger partial charge in [-0.25, -0.2) is 13.4 Å². The van der Waals surface area contributed by atoms with Crippen LogP contribution in [0.1, 0.15) is 44.6 Å². The molecule has 2 aliphatic rings. The maximum absolute atomic E-state index is 12.9. The Kier molecular flexibility index (Phi) is 10.5. The third-order valence-corrected chi connectivity index (χ3v) is 8.43. The van der Waals surface area contributed by atoms with E-state index in [4.69, 9.17) is 0 Å². The van der Waals surface area contributed by atoms with Crippen LogP contribution in [0.15, 0.2) is 34.2 Å². The normalized spacial score (nSPS) is 20.9. The molecule has 3 rings (SSSR count). The van der Waals surface area contributed by atoms with Crippen LogP contribution in [0.3, 0.4) is 0 Å². The van der Waals surface area contributed by atoms with Crippen molar-refractivity contribution in [3.05, 3.63) is 29.8 Å². The first kappa shape index (κ1) is 24.7. The lowest BCUT2D eigenvalue weighted by atomic mass is 10.2. The summed E-state index contributed by atoms with van der Waals surface area (Å²) in [6.07, 6.45) is 5.55. The summed E-state index contributed by atoms with van der Waals surface area (Å²) >= 11 is 2.02. The molecule has 9 heteroatoms. The first-order chi connectivity index (χ1) is 13.6. The fraction of sp³-hybridized carbons (Fsp3) is 0.650. The Balaban J connectivity index is 0.00000300. The number of nitrogens with one attached hydrogen (secondary N) is 2. The molecule has 1 aromatic rings. The lowest BCUT2D eigenvalue weighted by Crippen LogP contribution is -2.40. The van der Waals surface area contributed by atoms with E-state index in [0.717, 1.165) is 43.9 Å². The lowest BCUT2D eigenvalue weighted by molar-refractivity contribution is 0.346. The van der Waals surface area contributed by atoms with Crippen molar-refractivity contribution < 1.29 is 8.42 Å². The Labute approximate surface area is 196 Å². The van der Waals surface area contributed by atoms with Gasteiger partial charge in [0.05, 0.1) is 11.4 Å². The van der Waals surface area contributed by atoms with Crippen LogP contribution >= 0.6 is 35.7 Å². The first-order valence-corrected chi connectivity index (χ1v) is 12.8. The zero-order chi connectivity index (χ0) is 19.8. The molecular formula is C20H33IN4O2S2. The minimum absolute atomic E-state index is 0. The summed E-state index contributed by atoms with van der Waals surface area (Å²) in [7, 11) is -3.40. The van der Waals surface area contributed by atoms with Crippen LogP contribution in [0.4, 0.5) is 0 Å². The number of piperidine rings is 1. The fourth-order valence-electron chi connectivity index (χ4n) is 3.59. The number of benzene rings is 1. The van der Waals surface area contributed by atoms with Crippen molar-refractivity contribution in [2.75, 3.05) is 31.9 Å². The molecule has 1 atom stereocenters. The third kappa shape index (κ3) is 7.29. The lowest BCUT2D eigenvalue weighted by Gasteiger charge is -2.26. The van der Waals surface area contributed by atoms with Crippen LogP contribution in [0, 0.1) is 0 Å². The van der Waals surface area contributed by atoms with Crippen molar-refractivity contribution >= 4 is 51.7 Å². The number of guanidine groups is 1. The van der Waals surface area contributed by atoms with Gasteiger partial charge in [-0.05, 0) is 56.1 Å². The average Bonchev–Trinajstić information content (AvgIpc) is 3.24. The molecule has 0 saturated carbocycles. The highest BCUT2D eigenvalue weighted by Gasteiger charge is 2.25. The van der Waals surface area contributed by atoms with E-state index in [2.05, 4.69) is 15.6 Å². The number of aliphatic imine (C=N–C) groups is 1. The van der Waals surface area contributed by atoms with Crippen molar-refractivity contribution in [1.29, 1.82) is 0 Å². The largest absolute Gasteiger partial charge is 0.357 e. The topological polar surface area (TPSA) is 73.8 Å². The molecule has 0 aliphatic carbocycles. The molecule has 164 valence electrons. The molecule has 0 bridgehead atoms. The van der Waals surface area contributed by atoms with E-state index >= 15 is 0 Å². The number of hydrogen-bond acceptors (Lipinski definition) is 4. The van der Waals surface area contributed by atoms with Gasteiger partial charge in [0.2, 0.25) is 10.0 Å². The smallest absolute Gasteiger partial charge is 0.243 e. The van der Waals surface area contributed by atoms with Gasteiger partial charge < -0.3 is 10.6 Å². The molecule has 2 saturated heterocycles. The number of hydrogen-bond donors (Lipinski definition) is 2. The molecule has 0 aromatic heterocycles. The Morgan fingerprint density at radius 2 is 2.00 bits per heavy atom. The van der Waals surface area contributed by atoms with Crippen LogP contribution in [0.5, 0.6) is 0 Å². The zero-order valence-corrected chi connectivity index (χ0v) is 21.1. The maximum atomic E-state index is 12.9. The molecule has 1 unspecified atom stereocenters. The highest BCUT2D eigenvalue weighted by molar-refractivity contribution is 14.0. The fourth-order valence-corrected chi connectivity index (χ4v) is 6.38. The quantitative estimate of drug-likeness (QED) is 0.308. The van der Waals surface area contributed by atoms with E-state index in [1.165, 1.54) is 18.6 Å². The predicted octanol–water partition coefficient (Wildman–Crippen LogP) is 3.43. The van der Waals surface area contributed by atoms with Crippen molar-refractivity contribution in [2.45, 2.75) is 55.7 Å². The number of halogens is 1. The molecule has 1 aromatic carbocycles. The average molecular weight is 553 g/mol. The van der Waals surface area contributed by atoms with E-state index in [-0.39, 0.29) is 24.0 Å². The molecular weight excluding hydrogens is 519 g/mol. The molecule has 29 heavy (non-hydrogen) atoms. The van der Waals surface area contributed by atoms with E-state index in [1.807, 2.05) is 30.8 Å². The van der Waals surface area contributed by atoms with Gasteiger partial charge in [0, 0.05) is 31.4 Å². The zero-order valence-electron chi connectivity index (χ0n) is 17.1. The summed E-state index contributed by atoms with van der Waals surface area (Å²) in [4.78, 5) is 5.03. The van der Waals surface area contributed by atoms with Crippen LogP contribution in [0.2, 0.25) is 0 Å². The maximum Gasteiger partial charge on any atom is 0.243 e. The van der Waals surface area contributed by atoms with Gasteiger partial charge in [0.1, 0.15) is 0 Å². The van der Waals surface area contributed by atoms with Gasteiger partial charge in [-0.1, -0.05) is 18.6 Å². The summed E-state index contributed by atoms with van der Waals surface area (Å²) < 4.78 is 27.4. The molecule has 2 heterocycles.